The third kappa shape index (κ3) is 4.18. The first-order valence-electron chi connectivity index (χ1n) is 6.88. The molecule has 0 bridgehead atoms. The fourth-order valence-corrected chi connectivity index (χ4v) is 2.60. The van der Waals surface area contributed by atoms with Gasteiger partial charge in [-0.1, -0.05) is 23.7 Å². The molecule has 0 aromatic heterocycles. The van der Waals surface area contributed by atoms with Crippen molar-refractivity contribution in [1.29, 1.82) is 0 Å². The van der Waals surface area contributed by atoms with E-state index in [9.17, 15) is 4.79 Å². The molecule has 1 atom stereocenters. The zero-order valence-electron chi connectivity index (χ0n) is 12.7. The lowest BCUT2D eigenvalue weighted by molar-refractivity contribution is -0.122. The van der Waals surface area contributed by atoms with Crippen LogP contribution in [0.1, 0.15) is 12.5 Å². The smallest absolute Gasteiger partial charge is 0.265 e. The van der Waals surface area contributed by atoms with Crippen LogP contribution >= 0.6 is 23.4 Å². The standard InChI is InChI=1S/C17H18ClNO2S/c1-11-10-13(8-9-14(11)18)21-12(2)17(20)19-15-6-4-5-7-16(15)22-3/h4-10,12H,1-3H3,(H,19,20)/t12-/m0/s1. The van der Waals surface area contributed by atoms with Crippen molar-refractivity contribution in [1.82, 2.24) is 0 Å². The highest BCUT2D eigenvalue weighted by molar-refractivity contribution is 7.98. The summed E-state index contributed by atoms with van der Waals surface area (Å²) in [5.41, 5.74) is 1.71. The van der Waals surface area contributed by atoms with E-state index in [4.69, 9.17) is 16.3 Å². The number of halogens is 1. The Balaban J connectivity index is 2.04. The summed E-state index contributed by atoms with van der Waals surface area (Å²) in [6.07, 6.45) is 1.37. The van der Waals surface area contributed by atoms with E-state index in [2.05, 4.69) is 5.32 Å². The van der Waals surface area contributed by atoms with Crippen LogP contribution in [-0.4, -0.2) is 18.3 Å². The number of aryl methyl sites for hydroxylation is 1. The highest BCUT2D eigenvalue weighted by Gasteiger charge is 2.16. The zero-order chi connectivity index (χ0) is 16.1. The summed E-state index contributed by atoms with van der Waals surface area (Å²) >= 11 is 7.57. The molecule has 0 radical (unpaired) electrons. The number of ether oxygens (including phenoxy) is 1. The molecule has 22 heavy (non-hydrogen) atoms. The number of benzene rings is 2. The molecule has 1 N–H and O–H groups in total. The monoisotopic (exact) mass is 335 g/mol. The molecule has 2 aromatic carbocycles. The van der Waals surface area contributed by atoms with Gasteiger partial charge in [-0.05, 0) is 56.0 Å². The minimum Gasteiger partial charge on any atom is -0.481 e. The molecule has 116 valence electrons. The number of carbonyl (C=O) groups excluding carboxylic acids is 1. The molecule has 0 aliphatic rings. The molecule has 0 spiro atoms. The first-order chi connectivity index (χ1) is 10.5. The van der Waals surface area contributed by atoms with Crippen molar-refractivity contribution >= 4 is 35.0 Å². The van der Waals surface area contributed by atoms with Gasteiger partial charge in [0.2, 0.25) is 0 Å². The molecule has 0 heterocycles. The summed E-state index contributed by atoms with van der Waals surface area (Å²) in [4.78, 5) is 13.3. The number of nitrogens with one attached hydrogen (secondary N) is 1. The van der Waals surface area contributed by atoms with Crippen LogP contribution in [0.4, 0.5) is 5.69 Å². The van der Waals surface area contributed by atoms with Gasteiger partial charge in [0.05, 0.1) is 5.69 Å². The summed E-state index contributed by atoms with van der Waals surface area (Å²) in [5, 5.41) is 3.58. The molecular formula is C17H18ClNO2S. The van der Waals surface area contributed by atoms with Gasteiger partial charge in [-0.25, -0.2) is 0 Å². The number of carbonyl (C=O) groups is 1. The predicted molar refractivity (Wildman–Crippen MR) is 93.1 cm³/mol. The maximum Gasteiger partial charge on any atom is 0.265 e. The second kappa shape index (κ2) is 7.56. The lowest BCUT2D eigenvalue weighted by Gasteiger charge is -2.16. The minimum absolute atomic E-state index is 0.186. The molecule has 3 nitrogen and oxygen atoms in total. The van der Waals surface area contributed by atoms with E-state index in [-0.39, 0.29) is 5.91 Å². The average molecular weight is 336 g/mol. The van der Waals surface area contributed by atoms with Gasteiger partial charge in [0.1, 0.15) is 5.75 Å². The van der Waals surface area contributed by atoms with Gasteiger partial charge in [-0.3, -0.25) is 4.79 Å². The second-order valence-corrected chi connectivity index (χ2v) is 6.12. The van der Waals surface area contributed by atoms with Gasteiger partial charge in [0, 0.05) is 9.92 Å². The van der Waals surface area contributed by atoms with Crippen molar-refractivity contribution in [2.24, 2.45) is 0 Å². The Morgan fingerprint density at radius 2 is 2.00 bits per heavy atom. The molecule has 0 aliphatic heterocycles. The Bertz CT molecular complexity index is 675. The molecule has 2 rings (SSSR count). The van der Waals surface area contributed by atoms with E-state index in [0.717, 1.165) is 16.1 Å². The Kier molecular flexibility index (Phi) is 5.75. The second-order valence-electron chi connectivity index (χ2n) is 4.86. The lowest BCUT2D eigenvalue weighted by atomic mass is 10.2. The third-order valence-corrected chi connectivity index (χ3v) is 4.40. The van der Waals surface area contributed by atoms with Crippen molar-refractivity contribution in [2.75, 3.05) is 11.6 Å². The number of thioether (sulfide) groups is 1. The Hall–Kier alpha value is -1.65. The van der Waals surface area contributed by atoms with Gasteiger partial charge in [0.25, 0.3) is 5.91 Å². The van der Waals surface area contributed by atoms with Crippen LogP contribution in [0.2, 0.25) is 5.02 Å². The van der Waals surface area contributed by atoms with Crippen LogP contribution in [0.5, 0.6) is 5.75 Å². The van der Waals surface area contributed by atoms with Crippen LogP contribution in [-0.2, 0) is 4.79 Å². The van der Waals surface area contributed by atoms with Crippen LogP contribution in [0.25, 0.3) is 0 Å². The average Bonchev–Trinajstić information content (AvgIpc) is 2.51. The van der Waals surface area contributed by atoms with Gasteiger partial charge < -0.3 is 10.1 Å². The van der Waals surface area contributed by atoms with E-state index in [1.807, 2.05) is 43.5 Å². The predicted octanol–water partition coefficient (Wildman–Crippen LogP) is 4.78. The SMILES string of the molecule is CSc1ccccc1NC(=O)[C@H](C)Oc1ccc(Cl)c(C)c1. The van der Waals surface area contributed by atoms with Gasteiger partial charge in [0.15, 0.2) is 6.10 Å². The van der Waals surface area contributed by atoms with Crippen LogP contribution in [0.15, 0.2) is 47.4 Å². The number of para-hydroxylation sites is 1. The summed E-state index contributed by atoms with van der Waals surface area (Å²) < 4.78 is 5.68. The number of anilines is 1. The molecule has 0 saturated heterocycles. The van der Waals surface area contributed by atoms with E-state index in [1.54, 1.807) is 30.8 Å². The van der Waals surface area contributed by atoms with Crippen molar-refractivity contribution in [2.45, 2.75) is 24.8 Å². The quantitative estimate of drug-likeness (QED) is 0.799. The Morgan fingerprint density at radius 1 is 1.27 bits per heavy atom. The first-order valence-corrected chi connectivity index (χ1v) is 8.48. The normalized spacial score (nSPS) is 11.8. The van der Waals surface area contributed by atoms with Crippen molar-refractivity contribution < 1.29 is 9.53 Å². The molecule has 0 fully saturated rings. The number of amides is 1. The Morgan fingerprint density at radius 3 is 2.68 bits per heavy atom. The molecule has 5 heteroatoms. The zero-order valence-corrected chi connectivity index (χ0v) is 14.3. The summed E-state index contributed by atoms with van der Waals surface area (Å²) in [5.74, 6) is 0.441. The number of hydrogen-bond acceptors (Lipinski definition) is 3. The van der Waals surface area contributed by atoms with E-state index in [1.165, 1.54) is 0 Å². The maximum absolute atomic E-state index is 12.3. The lowest BCUT2D eigenvalue weighted by Crippen LogP contribution is -2.30. The highest BCUT2D eigenvalue weighted by atomic mass is 35.5. The van der Waals surface area contributed by atoms with E-state index < -0.39 is 6.10 Å². The summed E-state index contributed by atoms with van der Waals surface area (Å²) in [6.45, 7) is 3.62. The topological polar surface area (TPSA) is 38.3 Å². The molecule has 1 amide bonds. The minimum atomic E-state index is -0.601. The molecular weight excluding hydrogens is 318 g/mol. The largest absolute Gasteiger partial charge is 0.481 e. The van der Waals surface area contributed by atoms with Crippen molar-refractivity contribution in [3.63, 3.8) is 0 Å². The highest BCUT2D eigenvalue weighted by Crippen LogP contribution is 2.25. The van der Waals surface area contributed by atoms with E-state index >= 15 is 0 Å². The van der Waals surface area contributed by atoms with Crippen LogP contribution in [0.3, 0.4) is 0 Å². The third-order valence-electron chi connectivity index (χ3n) is 3.18. The van der Waals surface area contributed by atoms with Crippen molar-refractivity contribution in [3.8, 4) is 5.75 Å². The maximum atomic E-state index is 12.3. The fraction of sp³-hybridized carbons (Fsp3) is 0.235. The molecule has 0 saturated carbocycles. The van der Waals surface area contributed by atoms with Gasteiger partial charge in [-0.15, -0.1) is 11.8 Å². The number of hydrogen-bond donors (Lipinski definition) is 1. The number of rotatable bonds is 5. The summed E-state index contributed by atoms with van der Waals surface area (Å²) in [6, 6.07) is 13.0. The molecule has 0 aliphatic carbocycles. The Labute approximate surface area is 140 Å². The van der Waals surface area contributed by atoms with Crippen molar-refractivity contribution in [3.05, 3.63) is 53.1 Å². The van der Waals surface area contributed by atoms with E-state index in [0.29, 0.717) is 10.8 Å². The van der Waals surface area contributed by atoms with Crippen LogP contribution < -0.4 is 10.1 Å². The molecule has 0 unspecified atom stereocenters. The first kappa shape index (κ1) is 16.7. The fourth-order valence-electron chi connectivity index (χ4n) is 1.93. The molecule has 2 aromatic rings. The van der Waals surface area contributed by atoms with Gasteiger partial charge >= 0.3 is 0 Å². The summed E-state index contributed by atoms with van der Waals surface area (Å²) in [7, 11) is 0. The van der Waals surface area contributed by atoms with Crippen LogP contribution in [0, 0.1) is 6.92 Å². The van der Waals surface area contributed by atoms with Gasteiger partial charge in [-0.2, -0.15) is 0 Å².